The molecule has 5 nitrogen and oxygen atoms in total. The molecule has 0 aliphatic heterocycles. The average molecular weight is 223 g/mol. The number of rotatable bonds is 3. The zero-order chi connectivity index (χ0) is 11.3. The van der Waals surface area contributed by atoms with Gasteiger partial charge in [0.25, 0.3) is 0 Å². The van der Waals surface area contributed by atoms with Crippen molar-refractivity contribution in [1.29, 1.82) is 0 Å². The maximum Gasteiger partial charge on any atom is 0.411 e. The highest BCUT2D eigenvalue weighted by Crippen LogP contribution is 2.11. The quantitative estimate of drug-likeness (QED) is 0.626. The summed E-state index contributed by atoms with van der Waals surface area (Å²) in [5.74, 6) is 0. The SMILES string of the molecule is CN(C(=O)O)c1ccc(CN=C=S)nc1. The molecule has 0 saturated heterocycles. The van der Waals surface area contributed by atoms with Crippen LogP contribution in [0.25, 0.3) is 0 Å². The van der Waals surface area contributed by atoms with E-state index in [1.54, 1.807) is 12.1 Å². The first-order valence-corrected chi connectivity index (χ1v) is 4.51. The summed E-state index contributed by atoms with van der Waals surface area (Å²) >= 11 is 4.42. The lowest BCUT2D eigenvalue weighted by Crippen LogP contribution is -2.23. The van der Waals surface area contributed by atoms with Crippen LogP contribution in [-0.2, 0) is 6.54 Å². The second kappa shape index (κ2) is 5.19. The van der Waals surface area contributed by atoms with Gasteiger partial charge >= 0.3 is 6.09 Å². The van der Waals surface area contributed by atoms with Crippen LogP contribution in [0.15, 0.2) is 23.3 Å². The van der Waals surface area contributed by atoms with Crippen molar-refractivity contribution in [3.63, 3.8) is 0 Å². The van der Waals surface area contributed by atoms with E-state index in [1.165, 1.54) is 13.2 Å². The molecule has 0 unspecified atom stereocenters. The molecule has 1 rings (SSSR count). The largest absolute Gasteiger partial charge is 0.465 e. The Morgan fingerprint density at radius 3 is 2.93 bits per heavy atom. The Kier molecular flexibility index (Phi) is 3.91. The summed E-state index contributed by atoms with van der Waals surface area (Å²) in [4.78, 5) is 19.5. The Hall–Kier alpha value is -1.78. The molecule has 0 fully saturated rings. The van der Waals surface area contributed by atoms with Crippen molar-refractivity contribution in [2.24, 2.45) is 4.99 Å². The van der Waals surface area contributed by atoms with Crippen molar-refractivity contribution in [1.82, 2.24) is 4.98 Å². The number of hydrogen-bond acceptors (Lipinski definition) is 4. The fraction of sp³-hybridized carbons (Fsp3) is 0.222. The molecule has 1 heterocycles. The van der Waals surface area contributed by atoms with E-state index in [2.05, 4.69) is 27.4 Å². The normalized spacial score (nSPS) is 9.13. The molecular formula is C9H9N3O2S. The summed E-state index contributed by atoms with van der Waals surface area (Å²) in [6.45, 7) is 0.362. The fourth-order valence-corrected chi connectivity index (χ4v) is 0.997. The molecule has 0 aliphatic carbocycles. The Bertz CT molecular complexity index is 398. The number of aromatic nitrogens is 1. The molecule has 78 valence electrons. The molecule has 1 aromatic rings. The maximum absolute atomic E-state index is 10.6. The van der Waals surface area contributed by atoms with Gasteiger partial charge in [-0.1, -0.05) is 0 Å². The van der Waals surface area contributed by atoms with Gasteiger partial charge in [0.15, 0.2) is 0 Å². The fourth-order valence-electron chi connectivity index (χ4n) is 0.932. The monoisotopic (exact) mass is 223 g/mol. The molecule has 0 radical (unpaired) electrons. The van der Waals surface area contributed by atoms with Gasteiger partial charge in [-0.15, -0.1) is 0 Å². The molecule has 0 aromatic carbocycles. The number of pyridine rings is 1. The van der Waals surface area contributed by atoms with Crippen molar-refractivity contribution >= 4 is 29.2 Å². The van der Waals surface area contributed by atoms with Gasteiger partial charge in [0.1, 0.15) is 0 Å². The third-order valence-electron chi connectivity index (χ3n) is 1.79. The number of amides is 1. The topological polar surface area (TPSA) is 65.8 Å². The van der Waals surface area contributed by atoms with Crippen LogP contribution in [0.1, 0.15) is 5.69 Å². The van der Waals surface area contributed by atoms with Gasteiger partial charge in [0.2, 0.25) is 0 Å². The highest BCUT2D eigenvalue weighted by atomic mass is 32.1. The number of anilines is 1. The van der Waals surface area contributed by atoms with E-state index in [0.29, 0.717) is 12.2 Å². The van der Waals surface area contributed by atoms with E-state index in [1.807, 2.05) is 0 Å². The zero-order valence-corrected chi connectivity index (χ0v) is 8.86. The Morgan fingerprint density at radius 1 is 1.73 bits per heavy atom. The van der Waals surface area contributed by atoms with Crippen LogP contribution >= 0.6 is 12.2 Å². The summed E-state index contributed by atoms with van der Waals surface area (Å²) in [7, 11) is 1.45. The number of thiocarbonyl (C=S) groups is 1. The molecule has 6 heteroatoms. The number of carbonyl (C=O) groups is 1. The van der Waals surface area contributed by atoms with Gasteiger partial charge in [-0.2, -0.15) is 0 Å². The lowest BCUT2D eigenvalue weighted by Gasteiger charge is -2.12. The number of nitrogens with zero attached hydrogens (tertiary/aromatic N) is 3. The van der Waals surface area contributed by atoms with Gasteiger partial charge in [0.05, 0.1) is 29.3 Å². The molecule has 0 spiro atoms. The first-order valence-electron chi connectivity index (χ1n) is 4.10. The lowest BCUT2D eigenvalue weighted by molar-refractivity contribution is 0.203. The zero-order valence-electron chi connectivity index (χ0n) is 8.04. The number of aliphatic imine (C=N–C) groups is 1. The number of carboxylic acid groups (broad SMARTS) is 1. The molecular weight excluding hydrogens is 214 g/mol. The number of hydrogen-bond donors (Lipinski definition) is 1. The minimum Gasteiger partial charge on any atom is -0.465 e. The van der Waals surface area contributed by atoms with Crippen LogP contribution in [0.2, 0.25) is 0 Å². The standard InChI is InChI=1S/C9H9N3O2S/c1-12(9(13)14)8-3-2-7(11-5-8)4-10-6-15/h2-3,5H,4H2,1H3,(H,13,14). The van der Waals surface area contributed by atoms with E-state index in [0.717, 1.165) is 10.6 Å². The third-order valence-corrected chi connectivity index (χ3v) is 1.92. The van der Waals surface area contributed by atoms with Gasteiger partial charge in [-0.3, -0.25) is 9.88 Å². The van der Waals surface area contributed by atoms with Crippen LogP contribution in [0.3, 0.4) is 0 Å². The summed E-state index contributed by atoms with van der Waals surface area (Å²) in [5, 5.41) is 10.9. The molecule has 0 atom stereocenters. The van der Waals surface area contributed by atoms with Crippen molar-refractivity contribution in [2.75, 3.05) is 11.9 Å². The second-order valence-electron chi connectivity index (χ2n) is 2.76. The van der Waals surface area contributed by atoms with Crippen molar-refractivity contribution < 1.29 is 9.90 Å². The summed E-state index contributed by atoms with van der Waals surface area (Å²) in [5.41, 5.74) is 1.23. The molecule has 1 amide bonds. The Balaban J connectivity index is 2.80. The first-order chi connectivity index (χ1) is 7.15. The Labute approximate surface area is 92.1 Å². The summed E-state index contributed by atoms with van der Waals surface area (Å²) < 4.78 is 0. The second-order valence-corrected chi connectivity index (χ2v) is 2.94. The highest BCUT2D eigenvalue weighted by Gasteiger charge is 2.07. The minimum atomic E-state index is -1.03. The third kappa shape index (κ3) is 3.12. The van der Waals surface area contributed by atoms with Crippen LogP contribution in [0, 0.1) is 0 Å². The smallest absolute Gasteiger partial charge is 0.411 e. The molecule has 0 bridgehead atoms. The van der Waals surface area contributed by atoms with Crippen molar-refractivity contribution in [3.05, 3.63) is 24.0 Å². The van der Waals surface area contributed by atoms with Crippen molar-refractivity contribution in [3.8, 4) is 0 Å². The van der Waals surface area contributed by atoms with E-state index >= 15 is 0 Å². The summed E-state index contributed by atoms with van der Waals surface area (Å²) in [6, 6.07) is 3.36. The molecule has 15 heavy (non-hydrogen) atoms. The van der Waals surface area contributed by atoms with E-state index < -0.39 is 6.09 Å². The first kappa shape index (κ1) is 11.3. The Morgan fingerprint density at radius 2 is 2.47 bits per heavy atom. The predicted molar refractivity (Wildman–Crippen MR) is 59.4 cm³/mol. The molecule has 1 N–H and O–H groups in total. The lowest BCUT2D eigenvalue weighted by atomic mass is 10.3. The van der Waals surface area contributed by atoms with Crippen LogP contribution in [0.5, 0.6) is 0 Å². The maximum atomic E-state index is 10.6. The van der Waals surface area contributed by atoms with Gasteiger partial charge in [-0.05, 0) is 24.4 Å². The molecule has 0 saturated carbocycles. The molecule has 0 aliphatic rings. The van der Waals surface area contributed by atoms with Crippen LogP contribution < -0.4 is 4.90 Å². The van der Waals surface area contributed by atoms with E-state index in [4.69, 9.17) is 5.11 Å². The van der Waals surface area contributed by atoms with Crippen LogP contribution in [-0.4, -0.2) is 28.4 Å². The minimum absolute atomic E-state index is 0.362. The van der Waals surface area contributed by atoms with Gasteiger partial charge < -0.3 is 5.11 Å². The van der Waals surface area contributed by atoms with Gasteiger partial charge in [-0.25, -0.2) is 9.79 Å². The predicted octanol–water partition coefficient (Wildman–Crippen LogP) is 1.80. The van der Waals surface area contributed by atoms with Gasteiger partial charge in [0, 0.05) is 7.05 Å². The van der Waals surface area contributed by atoms with E-state index in [9.17, 15) is 4.79 Å². The van der Waals surface area contributed by atoms with Crippen LogP contribution in [0.4, 0.5) is 10.5 Å². The summed E-state index contributed by atoms with van der Waals surface area (Å²) in [6.07, 6.45) is 0.448. The highest BCUT2D eigenvalue weighted by molar-refractivity contribution is 7.78. The average Bonchev–Trinajstić information content (AvgIpc) is 2.26. The van der Waals surface area contributed by atoms with Crippen molar-refractivity contribution in [2.45, 2.75) is 6.54 Å². The van der Waals surface area contributed by atoms with E-state index in [-0.39, 0.29) is 0 Å². The number of isothiocyanates is 1. The molecule has 1 aromatic heterocycles.